The number of rotatable bonds is 3. The Kier molecular flexibility index (Phi) is 5.22. The second kappa shape index (κ2) is 7.94. The summed E-state index contributed by atoms with van der Waals surface area (Å²) in [6, 6.07) is 4.00. The first-order valence-electron chi connectivity index (χ1n) is 11.6. The van der Waals surface area contributed by atoms with Crippen LogP contribution >= 0.6 is 0 Å². The van der Waals surface area contributed by atoms with Crippen LogP contribution < -0.4 is 10.4 Å². The molecule has 0 spiro atoms. The topological polar surface area (TPSA) is 80.1 Å². The van der Waals surface area contributed by atoms with Crippen molar-refractivity contribution in [3.63, 3.8) is 0 Å². The van der Waals surface area contributed by atoms with E-state index in [9.17, 15) is 14.4 Å². The molecule has 170 valence electrons. The summed E-state index contributed by atoms with van der Waals surface area (Å²) in [5, 5.41) is 0.883. The number of fused-ring (bicyclic) bond motifs is 5. The largest absolute Gasteiger partial charge is 0.483 e. The third kappa shape index (κ3) is 3.48. The van der Waals surface area contributed by atoms with Crippen molar-refractivity contribution in [2.24, 2.45) is 11.8 Å². The van der Waals surface area contributed by atoms with Crippen molar-refractivity contribution in [1.82, 2.24) is 9.80 Å². The van der Waals surface area contributed by atoms with Gasteiger partial charge in [0.1, 0.15) is 11.3 Å². The molecule has 4 heterocycles. The zero-order valence-electron chi connectivity index (χ0n) is 19.0. The summed E-state index contributed by atoms with van der Waals surface area (Å²) < 4.78 is 11.4. The van der Waals surface area contributed by atoms with Crippen molar-refractivity contribution < 1.29 is 18.7 Å². The molecule has 0 saturated carbocycles. The summed E-state index contributed by atoms with van der Waals surface area (Å²) in [5.41, 5.74) is 2.40. The lowest BCUT2D eigenvalue weighted by Crippen LogP contribution is -2.61. The number of amides is 2. The molecule has 3 saturated heterocycles. The van der Waals surface area contributed by atoms with Gasteiger partial charge in [-0.15, -0.1) is 0 Å². The highest BCUT2D eigenvalue weighted by Crippen LogP contribution is 2.38. The first-order chi connectivity index (χ1) is 15.3. The Labute approximate surface area is 187 Å². The lowest BCUT2D eigenvalue weighted by Gasteiger charge is -2.52. The Bertz CT molecular complexity index is 1150. The molecule has 2 bridgehead atoms. The molecule has 7 nitrogen and oxygen atoms in total. The molecule has 0 unspecified atom stereocenters. The minimum atomic E-state index is -0.346. The molecule has 32 heavy (non-hydrogen) atoms. The average molecular weight is 439 g/mol. The van der Waals surface area contributed by atoms with Crippen molar-refractivity contribution in [1.29, 1.82) is 0 Å². The highest BCUT2D eigenvalue weighted by atomic mass is 16.5. The Hall–Kier alpha value is -2.83. The fourth-order valence-corrected chi connectivity index (χ4v) is 5.83. The van der Waals surface area contributed by atoms with Crippen molar-refractivity contribution in [3.05, 3.63) is 39.2 Å². The molecule has 0 radical (unpaired) electrons. The van der Waals surface area contributed by atoms with E-state index in [0.717, 1.165) is 42.3 Å². The predicted octanol–water partition coefficient (Wildman–Crippen LogP) is 2.96. The Morgan fingerprint density at radius 1 is 1.09 bits per heavy atom. The molecule has 0 N–H and O–H groups in total. The van der Waals surface area contributed by atoms with Crippen LogP contribution in [0.2, 0.25) is 0 Å². The van der Waals surface area contributed by atoms with E-state index in [0.29, 0.717) is 48.2 Å². The summed E-state index contributed by atoms with van der Waals surface area (Å²) in [6.07, 6.45) is 3.76. The number of hydrogen-bond acceptors (Lipinski definition) is 5. The van der Waals surface area contributed by atoms with Crippen LogP contribution in [0.5, 0.6) is 5.75 Å². The number of benzene rings is 1. The number of aryl methyl sites for hydroxylation is 2. The Morgan fingerprint density at radius 3 is 2.72 bits per heavy atom. The standard InChI is InChI=1S/C25H30N2O5/c1-14-15(2)25(30)32-24-16(3)21(8-7-19(14)24)31-13-23(29)26-10-17-9-18(12-26)20-5-4-6-22(28)27(20)11-17/h7-8,17-18,20H,4-6,9-13H2,1-3H3/t17-,18+,20-/m1/s1. The third-order valence-electron chi connectivity index (χ3n) is 7.71. The molecule has 0 aliphatic carbocycles. The van der Waals surface area contributed by atoms with Gasteiger partial charge in [0.05, 0.1) is 0 Å². The van der Waals surface area contributed by atoms with E-state index in [-0.39, 0.29) is 30.1 Å². The number of likely N-dealkylation sites (tertiary alicyclic amines) is 1. The summed E-state index contributed by atoms with van der Waals surface area (Å²) in [7, 11) is 0. The molecule has 7 heteroatoms. The van der Waals surface area contributed by atoms with Crippen LogP contribution in [0.1, 0.15) is 42.4 Å². The van der Waals surface area contributed by atoms with Gasteiger partial charge in [-0.1, -0.05) is 0 Å². The highest BCUT2D eigenvalue weighted by molar-refractivity contribution is 5.86. The lowest BCUT2D eigenvalue weighted by molar-refractivity contribution is -0.149. The van der Waals surface area contributed by atoms with Crippen LogP contribution in [0.4, 0.5) is 0 Å². The van der Waals surface area contributed by atoms with E-state index >= 15 is 0 Å². The minimum Gasteiger partial charge on any atom is -0.483 e. The van der Waals surface area contributed by atoms with Crippen LogP contribution in [0.25, 0.3) is 11.0 Å². The molecule has 1 aromatic carbocycles. The molecular weight excluding hydrogens is 408 g/mol. The van der Waals surface area contributed by atoms with E-state index in [4.69, 9.17) is 9.15 Å². The quantitative estimate of drug-likeness (QED) is 0.689. The van der Waals surface area contributed by atoms with Gasteiger partial charge in [0, 0.05) is 48.6 Å². The van der Waals surface area contributed by atoms with Gasteiger partial charge in [-0.2, -0.15) is 0 Å². The van der Waals surface area contributed by atoms with E-state index in [1.54, 1.807) is 6.92 Å². The highest BCUT2D eigenvalue weighted by Gasteiger charge is 2.44. The first-order valence-corrected chi connectivity index (χ1v) is 11.6. The number of nitrogens with zero attached hydrogens (tertiary/aromatic N) is 2. The van der Waals surface area contributed by atoms with Crippen molar-refractivity contribution in [2.75, 3.05) is 26.2 Å². The maximum absolute atomic E-state index is 13.0. The normalized spacial score (nSPS) is 25.1. The summed E-state index contributed by atoms with van der Waals surface area (Å²) in [4.78, 5) is 41.4. The number of carbonyl (C=O) groups excluding carboxylic acids is 2. The summed E-state index contributed by atoms with van der Waals surface area (Å²) in [5.74, 6) is 1.51. The van der Waals surface area contributed by atoms with Gasteiger partial charge in [-0.25, -0.2) is 4.79 Å². The molecule has 3 aliphatic heterocycles. The van der Waals surface area contributed by atoms with Gasteiger partial charge in [0.25, 0.3) is 5.91 Å². The van der Waals surface area contributed by atoms with E-state index in [1.165, 1.54) is 0 Å². The number of carbonyl (C=O) groups is 2. The van der Waals surface area contributed by atoms with Crippen molar-refractivity contribution in [2.45, 2.75) is 52.5 Å². The molecule has 3 atom stereocenters. The van der Waals surface area contributed by atoms with E-state index < -0.39 is 0 Å². The summed E-state index contributed by atoms with van der Waals surface area (Å²) >= 11 is 0. The van der Waals surface area contributed by atoms with Gasteiger partial charge < -0.3 is 19.0 Å². The smallest absolute Gasteiger partial charge is 0.339 e. The van der Waals surface area contributed by atoms with E-state index in [2.05, 4.69) is 4.90 Å². The first kappa shape index (κ1) is 21.0. The predicted molar refractivity (Wildman–Crippen MR) is 120 cm³/mol. The lowest BCUT2D eigenvalue weighted by atomic mass is 9.76. The minimum absolute atomic E-state index is 0.0312. The summed E-state index contributed by atoms with van der Waals surface area (Å²) in [6.45, 7) is 7.61. The van der Waals surface area contributed by atoms with Gasteiger partial charge in [-0.3, -0.25) is 9.59 Å². The van der Waals surface area contributed by atoms with Crippen molar-refractivity contribution in [3.8, 4) is 5.75 Å². The zero-order chi connectivity index (χ0) is 22.6. The Morgan fingerprint density at radius 2 is 1.91 bits per heavy atom. The molecular formula is C25H30N2O5. The van der Waals surface area contributed by atoms with Crippen LogP contribution in [0.3, 0.4) is 0 Å². The maximum atomic E-state index is 13.0. The van der Waals surface area contributed by atoms with Crippen LogP contribution in [-0.4, -0.2) is 53.9 Å². The van der Waals surface area contributed by atoms with Crippen LogP contribution in [-0.2, 0) is 9.59 Å². The number of piperidine rings is 3. The zero-order valence-corrected chi connectivity index (χ0v) is 19.0. The van der Waals surface area contributed by atoms with Crippen molar-refractivity contribution >= 4 is 22.8 Å². The van der Waals surface area contributed by atoms with Gasteiger partial charge >= 0.3 is 5.63 Å². The fraction of sp³-hybridized carbons (Fsp3) is 0.560. The maximum Gasteiger partial charge on any atom is 0.339 e. The molecule has 3 fully saturated rings. The second-order valence-electron chi connectivity index (χ2n) is 9.66. The molecule has 1 aromatic heterocycles. The number of hydrogen-bond donors (Lipinski definition) is 0. The fourth-order valence-electron chi connectivity index (χ4n) is 5.83. The van der Waals surface area contributed by atoms with Gasteiger partial charge in [0.2, 0.25) is 5.91 Å². The molecule has 3 aliphatic rings. The van der Waals surface area contributed by atoms with Gasteiger partial charge in [0.15, 0.2) is 6.61 Å². The SMILES string of the molecule is Cc1c(C)c2ccc(OCC(=O)N3C[C@H]4C[C@@H](C3)[C@H]3CCCC(=O)N3C4)c(C)c2oc1=O. The van der Waals surface area contributed by atoms with Crippen LogP contribution in [0, 0.1) is 32.6 Å². The second-order valence-corrected chi connectivity index (χ2v) is 9.66. The average Bonchev–Trinajstić information content (AvgIpc) is 2.78. The monoisotopic (exact) mass is 438 g/mol. The van der Waals surface area contributed by atoms with Gasteiger partial charge in [-0.05, 0) is 69.6 Å². The van der Waals surface area contributed by atoms with E-state index in [1.807, 2.05) is 30.9 Å². The third-order valence-corrected chi connectivity index (χ3v) is 7.71. The molecule has 2 aromatic rings. The van der Waals surface area contributed by atoms with Crippen LogP contribution in [0.15, 0.2) is 21.3 Å². The molecule has 2 amide bonds. The Balaban J connectivity index is 1.29. The molecule has 5 rings (SSSR count). The number of ether oxygens (including phenoxy) is 1.